The molecule has 2 N–H and O–H groups in total. The summed E-state index contributed by atoms with van der Waals surface area (Å²) in [5, 5.41) is 20.9. The highest BCUT2D eigenvalue weighted by Crippen LogP contribution is 2.34. The van der Waals surface area contributed by atoms with E-state index in [1.807, 2.05) is 60.7 Å². The molecular weight excluding hydrogens is 336 g/mol. The smallest absolute Gasteiger partial charge is 0.187 e. The predicted molar refractivity (Wildman–Crippen MR) is 91.9 cm³/mol. The highest BCUT2D eigenvalue weighted by molar-refractivity contribution is 5.17. The highest BCUT2D eigenvalue weighted by atomic mass is 16.8. The third kappa shape index (κ3) is 3.66. The monoisotopic (exact) mass is 358 g/mol. The predicted octanol–water partition coefficient (Wildman–Crippen LogP) is 1.76. The normalized spacial score (nSPS) is 34.2. The fraction of sp³-hybridized carbons (Fsp3) is 0.400. The summed E-state index contributed by atoms with van der Waals surface area (Å²) in [5.41, 5.74) is 1.82. The van der Waals surface area contributed by atoms with Crippen LogP contribution >= 0.6 is 0 Å². The lowest BCUT2D eigenvalue weighted by atomic mass is 9.98. The number of fused-ring (bicyclic) bond motifs is 1. The van der Waals surface area contributed by atoms with Crippen LogP contribution in [0.4, 0.5) is 0 Å². The van der Waals surface area contributed by atoms with Gasteiger partial charge in [0.1, 0.15) is 24.4 Å². The maximum absolute atomic E-state index is 10.5. The van der Waals surface area contributed by atoms with Crippen LogP contribution in [0.3, 0.4) is 0 Å². The Bertz CT molecular complexity index is 692. The van der Waals surface area contributed by atoms with Crippen LogP contribution in [0.2, 0.25) is 0 Å². The third-order valence-electron chi connectivity index (χ3n) is 4.66. The SMILES string of the molecule is O[C@@H]1[C@@H](OCc2ccccc2)O[C@@H]2COC(c3ccccc3)O[C@H]2[C@@H]1O. The molecule has 0 saturated carbocycles. The Morgan fingerprint density at radius 2 is 1.58 bits per heavy atom. The Morgan fingerprint density at radius 1 is 0.885 bits per heavy atom. The van der Waals surface area contributed by atoms with Crippen LogP contribution in [0.15, 0.2) is 60.7 Å². The van der Waals surface area contributed by atoms with Crippen molar-refractivity contribution in [2.24, 2.45) is 0 Å². The number of aliphatic hydroxyl groups is 2. The molecule has 2 heterocycles. The Balaban J connectivity index is 1.40. The molecule has 0 amide bonds. The minimum absolute atomic E-state index is 0.249. The van der Waals surface area contributed by atoms with E-state index in [0.29, 0.717) is 0 Å². The van der Waals surface area contributed by atoms with E-state index in [-0.39, 0.29) is 13.2 Å². The molecule has 0 aliphatic carbocycles. The minimum atomic E-state index is -1.20. The molecule has 2 saturated heterocycles. The summed E-state index contributed by atoms with van der Waals surface area (Å²) < 4.78 is 23.1. The lowest BCUT2D eigenvalue weighted by molar-refractivity contribution is -0.362. The molecular formula is C20H22O6. The number of benzene rings is 2. The van der Waals surface area contributed by atoms with Gasteiger partial charge in [-0.25, -0.2) is 0 Å². The van der Waals surface area contributed by atoms with Gasteiger partial charge in [-0.1, -0.05) is 60.7 Å². The highest BCUT2D eigenvalue weighted by Gasteiger charge is 2.49. The average molecular weight is 358 g/mol. The number of rotatable bonds is 4. The van der Waals surface area contributed by atoms with E-state index < -0.39 is 37.0 Å². The van der Waals surface area contributed by atoms with E-state index in [2.05, 4.69) is 0 Å². The zero-order valence-corrected chi connectivity index (χ0v) is 14.2. The van der Waals surface area contributed by atoms with Crippen molar-refractivity contribution in [3.05, 3.63) is 71.8 Å². The quantitative estimate of drug-likeness (QED) is 0.867. The van der Waals surface area contributed by atoms with Crippen molar-refractivity contribution in [2.75, 3.05) is 6.61 Å². The zero-order chi connectivity index (χ0) is 17.9. The second-order valence-corrected chi connectivity index (χ2v) is 6.50. The van der Waals surface area contributed by atoms with E-state index >= 15 is 0 Å². The van der Waals surface area contributed by atoms with Crippen molar-refractivity contribution in [2.45, 2.75) is 43.6 Å². The van der Waals surface area contributed by atoms with Gasteiger partial charge in [0.05, 0.1) is 13.2 Å². The summed E-state index contributed by atoms with van der Waals surface area (Å²) in [6.45, 7) is 0.528. The van der Waals surface area contributed by atoms with Gasteiger partial charge in [0.2, 0.25) is 0 Å². The largest absolute Gasteiger partial charge is 0.387 e. The first kappa shape index (κ1) is 17.6. The summed E-state index contributed by atoms with van der Waals surface area (Å²) in [4.78, 5) is 0. The van der Waals surface area contributed by atoms with Crippen LogP contribution < -0.4 is 0 Å². The summed E-state index contributed by atoms with van der Waals surface area (Å²) in [7, 11) is 0. The molecule has 2 fully saturated rings. The lowest BCUT2D eigenvalue weighted by Crippen LogP contribution is -2.62. The van der Waals surface area contributed by atoms with Crippen molar-refractivity contribution in [3.8, 4) is 0 Å². The van der Waals surface area contributed by atoms with E-state index in [4.69, 9.17) is 18.9 Å². The first-order valence-corrected chi connectivity index (χ1v) is 8.71. The molecule has 0 aromatic heterocycles. The molecule has 6 heteroatoms. The molecule has 6 nitrogen and oxygen atoms in total. The van der Waals surface area contributed by atoms with Crippen molar-refractivity contribution < 1.29 is 29.2 Å². The van der Waals surface area contributed by atoms with Crippen molar-refractivity contribution >= 4 is 0 Å². The first-order chi connectivity index (χ1) is 12.7. The van der Waals surface area contributed by atoms with Crippen molar-refractivity contribution in [1.82, 2.24) is 0 Å². The standard InChI is InChI=1S/C20H22O6/c21-16-17(22)20(23-11-13-7-3-1-4-8-13)25-15-12-24-19(26-18(15)16)14-9-5-2-6-10-14/h1-10,15-22H,11-12H2/t15-,16-,17+,18-,19?,20+/m1/s1. The number of hydrogen-bond acceptors (Lipinski definition) is 6. The molecule has 2 aromatic rings. The zero-order valence-electron chi connectivity index (χ0n) is 14.2. The van der Waals surface area contributed by atoms with Gasteiger partial charge < -0.3 is 29.2 Å². The lowest BCUT2D eigenvalue weighted by Gasteiger charge is -2.46. The van der Waals surface area contributed by atoms with Gasteiger partial charge in [-0.15, -0.1) is 0 Å². The second-order valence-electron chi connectivity index (χ2n) is 6.50. The van der Waals surface area contributed by atoms with E-state index in [1.165, 1.54) is 0 Å². The van der Waals surface area contributed by atoms with Crippen molar-refractivity contribution in [1.29, 1.82) is 0 Å². The Morgan fingerprint density at radius 3 is 2.31 bits per heavy atom. The summed E-state index contributed by atoms with van der Waals surface area (Å²) >= 11 is 0. The van der Waals surface area contributed by atoms with Gasteiger partial charge >= 0.3 is 0 Å². The van der Waals surface area contributed by atoms with Crippen LogP contribution in [0.1, 0.15) is 17.4 Å². The Kier molecular flexibility index (Phi) is 5.31. The molecule has 4 rings (SSSR count). The van der Waals surface area contributed by atoms with Crippen LogP contribution in [0.5, 0.6) is 0 Å². The van der Waals surface area contributed by atoms with Gasteiger partial charge in [0.15, 0.2) is 12.6 Å². The third-order valence-corrected chi connectivity index (χ3v) is 4.66. The maximum atomic E-state index is 10.5. The summed E-state index contributed by atoms with van der Waals surface area (Å²) in [6, 6.07) is 19.1. The molecule has 0 radical (unpaired) electrons. The molecule has 2 aliphatic rings. The number of hydrogen-bond donors (Lipinski definition) is 2. The van der Waals surface area contributed by atoms with E-state index in [0.717, 1.165) is 11.1 Å². The molecule has 26 heavy (non-hydrogen) atoms. The fourth-order valence-electron chi connectivity index (χ4n) is 3.25. The topological polar surface area (TPSA) is 77.4 Å². The van der Waals surface area contributed by atoms with Gasteiger partial charge in [-0.2, -0.15) is 0 Å². The number of ether oxygens (including phenoxy) is 4. The van der Waals surface area contributed by atoms with Crippen LogP contribution in [-0.4, -0.2) is 47.5 Å². The summed E-state index contributed by atoms with van der Waals surface area (Å²) in [6.07, 6.45) is -5.04. The molecule has 2 aromatic carbocycles. The van der Waals surface area contributed by atoms with Gasteiger partial charge in [-0.05, 0) is 5.56 Å². The number of aliphatic hydroxyl groups excluding tert-OH is 2. The molecule has 0 spiro atoms. The van der Waals surface area contributed by atoms with Crippen LogP contribution in [-0.2, 0) is 25.6 Å². The van der Waals surface area contributed by atoms with Gasteiger partial charge in [-0.3, -0.25) is 0 Å². The Hall–Kier alpha value is -1.80. The fourth-order valence-corrected chi connectivity index (χ4v) is 3.25. The molecule has 2 aliphatic heterocycles. The molecule has 138 valence electrons. The summed E-state index contributed by atoms with van der Waals surface area (Å²) in [5.74, 6) is 0. The van der Waals surface area contributed by atoms with Crippen molar-refractivity contribution in [3.63, 3.8) is 0 Å². The molecule has 6 atom stereocenters. The first-order valence-electron chi connectivity index (χ1n) is 8.71. The molecule has 0 bridgehead atoms. The van der Waals surface area contributed by atoms with Crippen LogP contribution in [0.25, 0.3) is 0 Å². The average Bonchev–Trinajstić information content (AvgIpc) is 2.71. The van der Waals surface area contributed by atoms with E-state index in [1.54, 1.807) is 0 Å². The second kappa shape index (κ2) is 7.84. The maximum Gasteiger partial charge on any atom is 0.187 e. The van der Waals surface area contributed by atoms with Crippen LogP contribution in [0, 0.1) is 0 Å². The van der Waals surface area contributed by atoms with Gasteiger partial charge in [0.25, 0.3) is 0 Å². The minimum Gasteiger partial charge on any atom is -0.387 e. The van der Waals surface area contributed by atoms with E-state index in [9.17, 15) is 10.2 Å². The van der Waals surface area contributed by atoms with Gasteiger partial charge in [0, 0.05) is 5.56 Å². The Labute approximate surface area is 151 Å². The molecule has 1 unspecified atom stereocenters.